The molecule has 2 N–H and O–H groups in total. The van der Waals surface area contributed by atoms with Crippen molar-refractivity contribution in [3.8, 4) is 17.0 Å². The second-order valence-electron chi connectivity index (χ2n) is 12.3. The monoisotopic (exact) mass is 581 g/mol. The molecule has 1 amide bonds. The first kappa shape index (κ1) is 29.9. The fraction of sp³-hybridized carbons (Fsp3) is 0.548. The van der Waals surface area contributed by atoms with Gasteiger partial charge < -0.3 is 24.8 Å². The molecule has 2 aliphatic rings. The summed E-state index contributed by atoms with van der Waals surface area (Å²) in [6.07, 6.45) is 3.04. The van der Waals surface area contributed by atoms with Gasteiger partial charge in [-0.25, -0.2) is 18.7 Å². The van der Waals surface area contributed by atoms with Gasteiger partial charge in [-0.3, -0.25) is 4.79 Å². The predicted molar refractivity (Wildman–Crippen MR) is 155 cm³/mol. The summed E-state index contributed by atoms with van der Waals surface area (Å²) in [6, 6.07) is 3.36. The molecule has 226 valence electrons. The number of benzene rings is 1. The Morgan fingerprint density at radius 2 is 2.02 bits per heavy atom. The van der Waals surface area contributed by atoms with Crippen LogP contribution in [0, 0.1) is 19.7 Å². The molecule has 42 heavy (non-hydrogen) atoms. The first-order chi connectivity index (χ1) is 19.9. The van der Waals surface area contributed by atoms with Crippen LogP contribution >= 0.6 is 0 Å². The molecule has 0 saturated carbocycles. The number of carboxylic acid groups (broad SMARTS) is 1. The van der Waals surface area contributed by atoms with Gasteiger partial charge in [0.25, 0.3) is 5.91 Å². The minimum absolute atomic E-state index is 0.142. The number of hydrogen-bond acceptors (Lipinski definition) is 7. The maximum Gasteiger partial charge on any atom is 0.337 e. The Morgan fingerprint density at radius 3 is 2.69 bits per heavy atom. The van der Waals surface area contributed by atoms with Crippen LogP contribution in [0.25, 0.3) is 16.9 Å². The molecular formula is C31H40FN5O5. The van der Waals surface area contributed by atoms with Crippen LogP contribution in [0.1, 0.15) is 85.4 Å². The molecule has 1 fully saturated rings. The van der Waals surface area contributed by atoms with Crippen LogP contribution in [0.4, 0.5) is 4.39 Å². The van der Waals surface area contributed by atoms with Crippen molar-refractivity contribution in [2.75, 3.05) is 26.7 Å². The Labute approximate surface area is 245 Å². The quantitative estimate of drug-likeness (QED) is 0.395. The van der Waals surface area contributed by atoms with E-state index in [4.69, 9.17) is 9.47 Å². The largest absolute Gasteiger partial charge is 0.490 e. The van der Waals surface area contributed by atoms with Crippen LogP contribution < -0.4 is 10.1 Å². The van der Waals surface area contributed by atoms with Crippen molar-refractivity contribution < 1.29 is 28.6 Å². The predicted octanol–water partition coefficient (Wildman–Crippen LogP) is 4.63. The lowest BCUT2D eigenvalue weighted by Crippen LogP contribution is -2.32. The van der Waals surface area contributed by atoms with Crippen LogP contribution in [0.2, 0.25) is 0 Å². The van der Waals surface area contributed by atoms with Crippen LogP contribution in [-0.4, -0.2) is 74.9 Å². The molecule has 0 bridgehead atoms. The number of ether oxygens (including phenoxy) is 2. The highest BCUT2D eigenvalue weighted by Crippen LogP contribution is 2.41. The summed E-state index contributed by atoms with van der Waals surface area (Å²) in [5.41, 5.74) is 2.58. The number of carboxylic acids is 1. The van der Waals surface area contributed by atoms with Gasteiger partial charge in [0, 0.05) is 41.0 Å². The summed E-state index contributed by atoms with van der Waals surface area (Å²) in [6.45, 7) is 10.9. The number of amides is 1. The van der Waals surface area contributed by atoms with E-state index in [1.807, 2.05) is 6.92 Å². The van der Waals surface area contributed by atoms with Crippen molar-refractivity contribution in [1.82, 2.24) is 24.8 Å². The summed E-state index contributed by atoms with van der Waals surface area (Å²) in [7, 11) is 2.10. The van der Waals surface area contributed by atoms with E-state index in [0.717, 1.165) is 43.4 Å². The van der Waals surface area contributed by atoms with Gasteiger partial charge in [-0.1, -0.05) is 0 Å². The maximum atomic E-state index is 15.5. The van der Waals surface area contributed by atoms with E-state index in [1.165, 1.54) is 10.6 Å². The maximum absolute atomic E-state index is 15.5. The first-order valence-corrected chi connectivity index (χ1v) is 14.6. The van der Waals surface area contributed by atoms with Gasteiger partial charge in [0.2, 0.25) is 0 Å². The fourth-order valence-electron chi connectivity index (χ4n) is 6.09. The molecule has 4 heterocycles. The Balaban J connectivity index is 1.64. The number of nitrogens with zero attached hydrogens (tertiary/aromatic N) is 4. The number of rotatable bonds is 8. The molecule has 5 rings (SSSR count). The topological polar surface area (TPSA) is 118 Å². The van der Waals surface area contributed by atoms with Gasteiger partial charge in [-0.05, 0) is 91.9 Å². The zero-order valence-electron chi connectivity index (χ0n) is 25.2. The molecule has 0 radical (unpaired) electrons. The van der Waals surface area contributed by atoms with E-state index in [1.54, 1.807) is 33.8 Å². The third kappa shape index (κ3) is 5.85. The van der Waals surface area contributed by atoms with Crippen LogP contribution in [0.15, 0.2) is 12.1 Å². The molecule has 11 heteroatoms. The highest BCUT2D eigenvalue weighted by atomic mass is 19.1. The Hall–Kier alpha value is -3.57. The number of carbonyl (C=O) groups is 2. The van der Waals surface area contributed by atoms with E-state index >= 15 is 4.39 Å². The summed E-state index contributed by atoms with van der Waals surface area (Å²) in [4.78, 5) is 32.8. The molecule has 0 spiro atoms. The normalized spacial score (nSPS) is 18.1. The molecule has 3 aromatic rings. The molecule has 2 aromatic heterocycles. The SMILES string of the molecule is Cc1nc2cc(C(=O)NCCC3CCCN3C)nn2c(-c2cc(F)c3c(c2C)CCCO3)c1C(OC(C)(C)C)C(=O)O. The minimum Gasteiger partial charge on any atom is -0.490 e. The van der Waals surface area contributed by atoms with Crippen molar-refractivity contribution in [3.63, 3.8) is 0 Å². The zero-order valence-corrected chi connectivity index (χ0v) is 25.2. The summed E-state index contributed by atoms with van der Waals surface area (Å²) >= 11 is 0. The number of carbonyl (C=O) groups excluding carboxylic acids is 1. The molecule has 2 atom stereocenters. The van der Waals surface area contributed by atoms with E-state index < -0.39 is 23.5 Å². The van der Waals surface area contributed by atoms with Crippen LogP contribution in [-0.2, 0) is 16.0 Å². The van der Waals surface area contributed by atoms with Crippen molar-refractivity contribution in [3.05, 3.63) is 46.0 Å². The number of aryl methyl sites for hydroxylation is 1. The Bertz CT molecular complexity index is 1530. The third-order valence-electron chi connectivity index (χ3n) is 8.15. The number of nitrogens with one attached hydrogen (secondary N) is 1. The Morgan fingerprint density at radius 1 is 1.26 bits per heavy atom. The van der Waals surface area contributed by atoms with Crippen molar-refractivity contribution in [1.29, 1.82) is 0 Å². The summed E-state index contributed by atoms with van der Waals surface area (Å²) in [5.74, 6) is -1.88. The lowest BCUT2D eigenvalue weighted by atomic mass is 9.91. The van der Waals surface area contributed by atoms with Gasteiger partial charge in [0.1, 0.15) is 0 Å². The van der Waals surface area contributed by atoms with Gasteiger partial charge in [0.15, 0.2) is 29.0 Å². The number of aromatic nitrogens is 3. The minimum atomic E-state index is -1.42. The smallest absolute Gasteiger partial charge is 0.337 e. The molecule has 2 aliphatic heterocycles. The number of aliphatic carboxylic acids is 1. The van der Waals surface area contributed by atoms with Crippen molar-refractivity contribution in [2.24, 2.45) is 0 Å². The lowest BCUT2D eigenvalue weighted by Gasteiger charge is -2.28. The molecule has 2 unspecified atom stereocenters. The molecule has 1 aromatic carbocycles. The van der Waals surface area contributed by atoms with E-state index in [2.05, 4.69) is 27.3 Å². The number of hydrogen-bond donors (Lipinski definition) is 2. The van der Waals surface area contributed by atoms with E-state index in [0.29, 0.717) is 48.2 Å². The fourth-order valence-corrected chi connectivity index (χ4v) is 6.09. The van der Waals surface area contributed by atoms with Crippen LogP contribution in [0.5, 0.6) is 5.75 Å². The van der Waals surface area contributed by atoms with Crippen molar-refractivity contribution >= 4 is 17.5 Å². The summed E-state index contributed by atoms with van der Waals surface area (Å²) < 4.78 is 28.6. The lowest BCUT2D eigenvalue weighted by molar-refractivity contribution is -0.160. The van der Waals surface area contributed by atoms with Gasteiger partial charge in [-0.15, -0.1) is 0 Å². The van der Waals surface area contributed by atoms with Gasteiger partial charge >= 0.3 is 5.97 Å². The zero-order chi connectivity index (χ0) is 30.3. The van der Waals surface area contributed by atoms with Gasteiger partial charge in [0.05, 0.1) is 17.9 Å². The molecule has 10 nitrogen and oxygen atoms in total. The number of fused-ring (bicyclic) bond motifs is 2. The van der Waals surface area contributed by atoms with E-state index in [-0.39, 0.29) is 22.9 Å². The summed E-state index contributed by atoms with van der Waals surface area (Å²) in [5, 5.41) is 17.9. The average Bonchev–Trinajstić information content (AvgIpc) is 3.54. The second kappa shape index (κ2) is 11.6. The van der Waals surface area contributed by atoms with Crippen LogP contribution in [0.3, 0.4) is 0 Å². The molecular weight excluding hydrogens is 541 g/mol. The highest BCUT2D eigenvalue weighted by molar-refractivity contribution is 5.93. The van der Waals surface area contributed by atoms with Gasteiger partial charge in [-0.2, -0.15) is 5.10 Å². The number of likely N-dealkylation sites (tertiary alicyclic amines) is 1. The average molecular weight is 582 g/mol. The van der Waals surface area contributed by atoms with Crippen molar-refractivity contribution in [2.45, 2.75) is 84.5 Å². The standard InChI is InChI=1S/C31H40FN5O5/c1-17-20-10-8-14-41-27(20)22(32)15-21(17)26-25(28(30(39)40)42-31(3,4)5)18(2)34-24-16-23(35-37(24)26)29(38)33-12-11-19-9-7-13-36(19)6/h15-16,19,28H,7-14H2,1-6H3,(H,33,38)(H,39,40). The first-order valence-electron chi connectivity index (χ1n) is 14.6. The molecule has 0 aliphatic carbocycles. The molecule has 1 saturated heterocycles. The second-order valence-corrected chi connectivity index (χ2v) is 12.3. The third-order valence-corrected chi connectivity index (χ3v) is 8.15. The van der Waals surface area contributed by atoms with E-state index in [9.17, 15) is 14.7 Å². The highest BCUT2D eigenvalue weighted by Gasteiger charge is 2.35. The number of halogens is 1. The Kier molecular flexibility index (Phi) is 8.26.